The van der Waals surface area contributed by atoms with Crippen LogP contribution in [0.2, 0.25) is 5.02 Å². The molecular formula is C11H7Br2ClOS. The summed E-state index contributed by atoms with van der Waals surface area (Å²) in [6.07, 6.45) is -0.670. The minimum atomic E-state index is -0.670. The monoisotopic (exact) mass is 380 g/mol. The van der Waals surface area contributed by atoms with E-state index < -0.39 is 6.10 Å². The molecule has 0 aliphatic rings. The van der Waals surface area contributed by atoms with Gasteiger partial charge in [0.25, 0.3) is 0 Å². The number of rotatable bonds is 2. The summed E-state index contributed by atoms with van der Waals surface area (Å²) >= 11 is 14.3. The summed E-state index contributed by atoms with van der Waals surface area (Å²) in [5.74, 6) is 0. The largest absolute Gasteiger partial charge is 0.383 e. The van der Waals surface area contributed by atoms with E-state index in [1.807, 2.05) is 24.3 Å². The summed E-state index contributed by atoms with van der Waals surface area (Å²) in [4.78, 5) is 0.871. The van der Waals surface area contributed by atoms with Gasteiger partial charge in [0.15, 0.2) is 0 Å². The van der Waals surface area contributed by atoms with Crippen LogP contribution in [0.25, 0.3) is 0 Å². The fourth-order valence-electron chi connectivity index (χ4n) is 1.35. The van der Waals surface area contributed by atoms with Gasteiger partial charge in [-0.05, 0) is 40.2 Å². The van der Waals surface area contributed by atoms with Crippen LogP contribution in [0.3, 0.4) is 0 Å². The Kier molecular flexibility index (Phi) is 4.08. The van der Waals surface area contributed by atoms with Crippen molar-refractivity contribution in [2.24, 2.45) is 0 Å². The molecule has 2 aromatic rings. The molecule has 0 amide bonds. The van der Waals surface area contributed by atoms with E-state index in [-0.39, 0.29) is 0 Å². The number of aliphatic hydroxyl groups is 1. The molecule has 5 heteroatoms. The number of aliphatic hydroxyl groups excluding tert-OH is 1. The number of halogens is 3. The second-order valence-corrected chi connectivity index (χ2v) is 7.03. The number of hydrogen-bond donors (Lipinski definition) is 1. The van der Waals surface area contributed by atoms with Gasteiger partial charge in [0.1, 0.15) is 6.10 Å². The standard InChI is InChI=1S/C11H7Br2ClOS/c12-6-1-2-7(8(14)5-6)11(15)9-3-4-10(13)16-9/h1-5,11,15H. The number of thiophene rings is 1. The van der Waals surface area contributed by atoms with Crippen LogP contribution < -0.4 is 0 Å². The lowest BCUT2D eigenvalue weighted by Crippen LogP contribution is -1.97. The first kappa shape index (κ1) is 12.6. The lowest BCUT2D eigenvalue weighted by Gasteiger charge is -2.11. The van der Waals surface area contributed by atoms with Crippen molar-refractivity contribution in [3.05, 3.63) is 54.1 Å². The predicted molar refractivity (Wildman–Crippen MR) is 75.2 cm³/mol. The molecule has 0 fully saturated rings. The van der Waals surface area contributed by atoms with Gasteiger partial charge in [-0.25, -0.2) is 0 Å². The van der Waals surface area contributed by atoms with Crippen LogP contribution in [0.5, 0.6) is 0 Å². The Labute approximate surface area is 119 Å². The smallest absolute Gasteiger partial charge is 0.115 e. The van der Waals surface area contributed by atoms with E-state index in [2.05, 4.69) is 31.9 Å². The van der Waals surface area contributed by atoms with Crippen LogP contribution >= 0.6 is 54.8 Å². The molecule has 0 saturated heterocycles. The molecule has 1 atom stereocenters. The van der Waals surface area contributed by atoms with Crippen molar-refractivity contribution >= 4 is 54.8 Å². The topological polar surface area (TPSA) is 20.2 Å². The Bertz CT molecular complexity index is 512. The molecule has 0 saturated carbocycles. The molecule has 0 aliphatic carbocycles. The second-order valence-electron chi connectivity index (χ2n) is 3.21. The highest BCUT2D eigenvalue weighted by Crippen LogP contribution is 2.35. The van der Waals surface area contributed by atoms with Gasteiger partial charge < -0.3 is 5.11 Å². The van der Waals surface area contributed by atoms with Crippen molar-refractivity contribution in [3.63, 3.8) is 0 Å². The van der Waals surface area contributed by atoms with Gasteiger partial charge >= 0.3 is 0 Å². The van der Waals surface area contributed by atoms with Crippen molar-refractivity contribution < 1.29 is 5.11 Å². The van der Waals surface area contributed by atoms with Crippen molar-refractivity contribution in [2.75, 3.05) is 0 Å². The van der Waals surface area contributed by atoms with Crippen molar-refractivity contribution in [1.82, 2.24) is 0 Å². The summed E-state index contributed by atoms with van der Waals surface area (Å²) < 4.78 is 1.90. The Balaban J connectivity index is 2.37. The van der Waals surface area contributed by atoms with Gasteiger partial charge in [-0.1, -0.05) is 33.6 Å². The molecule has 2 rings (SSSR count). The van der Waals surface area contributed by atoms with Crippen molar-refractivity contribution in [3.8, 4) is 0 Å². The van der Waals surface area contributed by atoms with E-state index in [0.717, 1.165) is 18.7 Å². The normalized spacial score (nSPS) is 12.8. The third-order valence-electron chi connectivity index (χ3n) is 2.12. The van der Waals surface area contributed by atoms with E-state index in [0.29, 0.717) is 5.02 Å². The Hall–Kier alpha value is 0.130. The van der Waals surface area contributed by atoms with Gasteiger partial charge in [0.05, 0.1) is 3.79 Å². The Morgan fingerprint density at radius 1 is 1.19 bits per heavy atom. The third-order valence-corrected chi connectivity index (χ3v) is 4.62. The SMILES string of the molecule is OC(c1ccc(Br)s1)c1ccc(Br)cc1Cl. The van der Waals surface area contributed by atoms with Crippen molar-refractivity contribution in [1.29, 1.82) is 0 Å². The van der Waals surface area contributed by atoms with Crippen LogP contribution in [0.1, 0.15) is 16.5 Å². The zero-order valence-corrected chi connectivity index (χ0v) is 12.7. The van der Waals surface area contributed by atoms with Gasteiger partial charge in [-0.15, -0.1) is 11.3 Å². The Morgan fingerprint density at radius 3 is 2.50 bits per heavy atom. The fourth-order valence-corrected chi connectivity index (χ4v) is 3.56. The highest BCUT2D eigenvalue weighted by molar-refractivity contribution is 9.11. The predicted octanol–water partition coefficient (Wildman–Crippen LogP) is 5.01. The van der Waals surface area contributed by atoms with Gasteiger partial charge in [0, 0.05) is 19.9 Å². The molecule has 0 spiro atoms. The van der Waals surface area contributed by atoms with Gasteiger partial charge in [-0.2, -0.15) is 0 Å². The molecule has 1 heterocycles. The van der Waals surface area contributed by atoms with Crippen LogP contribution in [-0.4, -0.2) is 5.11 Å². The molecule has 0 aliphatic heterocycles. The summed E-state index contributed by atoms with van der Waals surface area (Å²) in [6.45, 7) is 0. The first-order chi connectivity index (χ1) is 7.58. The maximum absolute atomic E-state index is 10.2. The van der Waals surface area contributed by atoms with E-state index in [9.17, 15) is 5.11 Å². The lowest BCUT2D eigenvalue weighted by atomic mass is 10.1. The van der Waals surface area contributed by atoms with E-state index in [1.165, 1.54) is 11.3 Å². The molecule has 84 valence electrons. The molecular weight excluding hydrogens is 375 g/mol. The maximum Gasteiger partial charge on any atom is 0.115 e. The summed E-state index contributed by atoms with van der Waals surface area (Å²) in [5.41, 5.74) is 0.721. The zero-order chi connectivity index (χ0) is 11.7. The highest BCUT2D eigenvalue weighted by atomic mass is 79.9. The average molecular weight is 383 g/mol. The minimum Gasteiger partial charge on any atom is -0.383 e. The van der Waals surface area contributed by atoms with E-state index in [4.69, 9.17) is 11.6 Å². The van der Waals surface area contributed by atoms with Crippen molar-refractivity contribution in [2.45, 2.75) is 6.10 Å². The van der Waals surface area contributed by atoms with Crippen LogP contribution in [0.4, 0.5) is 0 Å². The fraction of sp³-hybridized carbons (Fsp3) is 0.0909. The second kappa shape index (κ2) is 5.19. The zero-order valence-electron chi connectivity index (χ0n) is 7.95. The van der Waals surface area contributed by atoms with Gasteiger partial charge in [-0.3, -0.25) is 0 Å². The number of hydrogen-bond acceptors (Lipinski definition) is 2. The molecule has 1 aromatic carbocycles. The average Bonchev–Trinajstić information content (AvgIpc) is 2.64. The quantitative estimate of drug-likeness (QED) is 0.774. The van der Waals surface area contributed by atoms with Gasteiger partial charge in [0.2, 0.25) is 0 Å². The minimum absolute atomic E-state index is 0.561. The highest BCUT2D eigenvalue weighted by Gasteiger charge is 2.15. The molecule has 1 aromatic heterocycles. The lowest BCUT2D eigenvalue weighted by molar-refractivity contribution is 0.224. The van der Waals surface area contributed by atoms with E-state index in [1.54, 1.807) is 6.07 Å². The summed E-state index contributed by atoms with van der Waals surface area (Å²) in [5, 5.41) is 10.7. The summed E-state index contributed by atoms with van der Waals surface area (Å²) in [7, 11) is 0. The maximum atomic E-state index is 10.2. The molecule has 1 nitrogen and oxygen atoms in total. The first-order valence-electron chi connectivity index (χ1n) is 4.46. The molecule has 1 unspecified atom stereocenters. The first-order valence-corrected chi connectivity index (χ1v) is 7.24. The third kappa shape index (κ3) is 2.68. The van der Waals surface area contributed by atoms with Crippen LogP contribution in [0.15, 0.2) is 38.6 Å². The van der Waals surface area contributed by atoms with Crippen LogP contribution in [-0.2, 0) is 0 Å². The van der Waals surface area contributed by atoms with Crippen LogP contribution in [0, 0.1) is 0 Å². The molecule has 1 N–H and O–H groups in total. The number of benzene rings is 1. The molecule has 16 heavy (non-hydrogen) atoms. The van der Waals surface area contributed by atoms with E-state index >= 15 is 0 Å². The summed E-state index contributed by atoms with van der Waals surface area (Å²) in [6, 6.07) is 9.27. The molecule has 0 bridgehead atoms. The molecule has 0 radical (unpaired) electrons. The Morgan fingerprint density at radius 2 is 1.94 bits per heavy atom.